The smallest absolute Gasteiger partial charge is 0.303 e. The molecular weight excluding hydrogens is 286 g/mol. The number of ether oxygens (including phenoxy) is 1. The number of hydrogen-bond donors (Lipinski definition) is 1. The van der Waals surface area contributed by atoms with Crippen molar-refractivity contribution in [3.05, 3.63) is 28.7 Å². The Morgan fingerprint density at radius 3 is 2.59 bits per heavy atom. The van der Waals surface area contributed by atoms with Crippen molar-refractivity contribution in [2.75, 3.05) is 11.9 Å². The van der Waals surface area contributed by atoms with Gasteiger partial charge in [-0.1, -0.05) is 21.9 Å². The average Bonchev–Trinajstić information content (AvgIpc) is 2.27. The molecule has 1 aromatic carbocycles. The molecule has 0 radical (unpaired) electrons. The summed E-state index contributed by atoms with van der Waals surface area (Å²) in [5.41, 5.74) is 0.653. The van der Waals surface area contributed by atoms with Gasteiger partial charge in [0.1, 0.15) is 0 Å². The highest BCUT2D eigenvalue weighted by atomic mass is 79.9. The minimum absolute atomic E-state index is 0.0803. The first-order valence-corrected chi connectivity index (χ1v) is 5.56. The van der Waals surface area contributed by atoms with E-state index >= 15 is 0 Å². The zero-order valence-electron chi connectivity index (χ0n) is 9.12. The lowest BCUT2D eigenvalue weighted by Crippen LogP contribution is -2.08. The van der Waals surface area contributed by atoms with Gasteiger partial charge in [-0.3, -0.25) is 9.59 Å². The van der Waals surface area contributed by atoms with E-state index in [4.69, 9.17) is 0 Å². The molecule has 0 atom stereocenters. The summed E-state index contributed by atoms with van der Waals surface area (Å²) in [7, 11) is 0. The van der Waals surface area contributed by atoms with Gasteiger partial charge >= 0.3 is 5.97 Å². The van der Waals surface area contributed by atoms with E-state index in [-0.39, 0.29) is 6.61 Å². The molecule has 0 spiro atoms. The maximum absolute atomic E-state index is 11.3. The molecule has 5 heteroatoms. The number of carbonyl (C=O) groups is 2. The van der Waals surface area contributed by atoms with Gasteiger partial charge in [-0.15, -0.1) is 0 Å². The molecule has 0 aromatic heterocycles. The maximum Gasteiger partial charge on any atom is 0.303 e. The Bertz CT molecular complexity index is 471. The lowest BCUT2D eigenvalue weighted by atomic mass is 10.3. The molecule has 17 heavy (non-hydrogen) atoms. The molecule has 88 valence electrons. The van der Waals surface area contributed by atoms with Gasteiger partial charge in [0.2, 0.25) is 0 Å². The number of halogens is 1. The van der Waals surface area contributed by atoms with E-state index < -0.39 is 11.9 Å². The molecule has 0 unspecified atom stereocenters. The van der Waals surface area contributed by atoms with Crippen molar-refractivity contribution in [2.45, 2.75) is 6.92 Å². The number of rotatable bonds is 2. The second-order valence-corrected chi connectivity index (χ2v) is 3.96. The van der Waals surface area contributed by atoms with Crippen molar-refractivity contribution in [1.82, 2.24) is 0 Å². The third-order valence-corrected chi connectivity index (χ3v) is 2.18. The predicted molar refractivity (Wildman–Crippen MR) is 67.2 cm³/mol. The summed E-state index contributed by atoms with van der Waals surface area (Å²) in [6.45, 7) is 1.20. The standard InChI is InChI=1S/C12H10BrNO3/c1-9(15)17-8-2-3-12(16)14-11-6-4-10(13)5-7-11/h4-7H,8H2,1H3,(H,14,16). The fourth-order valence-electron chi connectivity index (χ4n) is 0.950. The lowest BCUT2D eigenvalue weighted by Gasteiger charge is -1.99. The maximum atomic E-state index is 11.3. The predicted octanol–water partition coefficient (Wildman–Crippen LogP) is 1.95. The monoisotopic (exact) mass is 295 g/mol. The van der Waals surface area contributed by atoms with Gasteiger partial charge in [0.05, 0.1) is 0 Å². The third kappa shape index (κ3) is 5.73. The number of anilines is 1. The number of nitrogens with one attached hydrogen (secondary N) is 1. The molecule has 0 saturated heterocycles. The number of carbonyl (C=O) groups excluding carboxylic acids is 2. The van der Waals surface area contributed by atoms with Crippen LogP contribution in [0.4, 0.5) is 5.69 Å². The average molecular weight is 296 g/mol. The van der Waals surface area contributed by atoms with Crippen LogP contribution in [0.15, 0.2) is 28.7 Å². The largest absolute Gasteiger partial charge is 0.453 e. The van der Waals surface area contributed by atoms with Gasteiger partial charge in [0.25, 0.3) is 5.91 Å². The molecule has 0 saturated carbocycles. The molecule has 0 aliphatic heterocycles. The van der Waals surface area contributed by atoms with Gasteiger partial charge in [-0.2, -0.15) is 0 Å². The number of amides is 1. The van der Waals surface area contributed by atoms with Crippen molar-refractivity contribution < 1.29 is 14.3 Å². The highest BCUT2D eigenvalue weighted by Gasteiger charge is 1.97. The molecule has 1 N–H and O–H groups in total. The normalized spacial score (nSPS) is 8.82. The Labute approximate surface area is 107 Å². The van der Waals surface area contributed by atoms with E-state index in [2.05, 4.69) is 37.8 Å². The summed E-state index contributed by atoms with van der Waals surface area (Å²) in [4.78, 5) is 21.7. The fourth-order valence-corrected chi connectivity index (χ4v) is 1.21. The van der Waals surface area contributed by atoms with E-state index in [0.717, 1.165) is 4.47 Å². The highest BCUT2D eigenvalue weighted by molar-refractivity contribution is 9.10. The topological polar surface area (TPSA) is 55.4 Å². The summed E-state index contributed by atoms with van der Waals surface area (Å²) in [5.74, 6) is 3.88. The Hall–Kier alpha value is -1.80. The van der Waals surface area contributed by atoms with Crippen LogP contribution in [0.2, 0.25) is 0 Å². The molecule has 0 heterocycles. The van der Waals surface area contributed by atoms with Crippen LogP contribution in [0.25, 0.3) is 0 Å². The SMILES string of the molecule is CC(=O)OCC#CC(=O)Nc1ccc(Br)cc1. The molecule has 1 amide bonds. The van der Waals surface area contributed by atoms with E-state index in [0.29, 0.717) is 5.69 Å². The molecular formula is C12H10BrNO3. The Balaban J connectivity index is 2.44. The van der Waals surface area contributed by atoms with Gasteiger partial charge < -0.3 is 10.1 Å². The molecule has 0 aliphatic rings. The Kier molecular flexibility index (Phi) is 5.24. The van der Waals surface area contributed by atoms with Crippen molar-refractivity contribution in [2.24, 2.45) is 0 Å². The van der Waals surface area contributed by atoms with Crippen LogP contribution in [0, 0.1) is 11.8 Å². The molecule has 4 nitrogen and oxygen atoms in total. The van der Waals surface area contributed by atoms with Gasteiger partial charge in [-0.05, 0) is 30.2 Å². The van der Waals surface area contributed by atoms with E-state index in [9.17, 15) is 9.59 Å². The Morgan fingerprint density at radius 1 is 1.35 bits per heavy atom. The summed E-state index contributed by atoms with van der Waals surface area (Å²) in [5, 5.41) is 2.58. The van der Waals surface area contributed by atoms with Gasteiger partial charge in [-0.25, -0.2) is 0 Å². The summed E-state index contributed by atoms with van der Waals surface area (Å²) < 4.78 is 5.49. The molecule has 1 rings (SSSR count). The Morgan fingerprint density at radius 2 is 2.00 bits per heavy atom. The number of hydrogen-bond acceptors (Lipinski definition) is 3. The van der Waals surface area contributed by atoms with E-state index in [1.54, 1.807) is 12.1 Å². The first kappa shape index (κ1) is 13.3. The molecule has 0 aliphatic carbocycles. The molecule has 1 aromatic rings. The summed E-state index contributed by atoms with van der Waals surface area (Å²) in [6, 6.07) is 7.11. The zero-order valence-corrected chi connectivity index (χ0v) is 10.7. The van der Waals surface area contributed by atoms with Crippen LogP contribution in [0.1, 0.15) is 6.92 Å². The second kappa shape index (κ2) is 6.71. The highest BCUT2D eigenvalue weighted by Crippen LogP contribution is 2.13. The minimum Gasteiger partial charge on any atom is -0.453 e. The van der Waals surface area contributed by atoms with Gasteiger partial charge in [0, 0.05) is 17.1 Å². The first-order valence-electron chi connectivity index (χ1n) is 4.76. The minimum atomic E-state index is -0.445. The number of benzene rings is 1. The van der Waals surface area contributed by atoms with Crippen molar-refractivity contribution in [3.63, 3.8) is 0 Å². The second-order valence-electron chi connectivity index (χ2n) is 3.04. The first-order chi connectivity index (χ1) is 8.08. The quantitative estimate of drug-likeness (QED) is 0.670. The van der Waals surface area contributed by atoms with Crippen molar-refractivity contribution in [1.29, 1.82) is 0 Å². The zero-order chi connectivity index (χ0) is 12.7. The van der Waals surface area contributed by atoms with E-state index in [1.165, 1.54) is 6.92 Å². The fraction of sp³-hybridized carbons (Fsp3) is 0.167. The van der Waals surface area contributed by atoms with Crippen molar-refractivity contribution in [3.8, 4) is 11.8 Å². The van der Waals surface area contributed by atoms with E-state index in [1.807, 2.05) is 12.1 Å². The van der Waals surface area contributed by atoms with Crippen LogP contribution in [-0.2, 0) is 14.3 Å². The summed E-state index contributed by atoms with van der Waals surface area (Å²) >= 11 is 3.29. The van der Waals surface area contributed by atoms with Crippen molar-refractivity contribution >= 4 is 33.5 Å². The van der Waals surface area contributed by atoms with Gasteiger partial charge in [0.15, 0.2) is 6.61 Å². The number of esters is 1. The third-order valence-electron chi connectivity index (χ3n) is 1.65. The van der Waals surface area contributed by atoms with Crippen LogP contribution in [0.3, 0.4) is 0 Å². The van der Waals surface area contributed by atoms with Crippen LogP contribution < -0.4 is 5.32 Å². The van der Waals surface area contributed by atoms with Crippen LogP contribution in [0.5, 0.6) is 0 Å². The molecule has 0 fully saturated rings. The van der Waals surface area contributed by atoms with Crippen LogP contribution >= 0.6 is 15.9 Å². The molecule has 0 bridgehead atoms. The lowest BCUT2D eigenvalue weighted by molar-refractivity contribution is -0.139. The van der Waals surface area contributed by atoms with Crippen LogP contribution in [-0.4, -0.2) is 18.5 Å². The summed E-state index contributed by atoms with van der Waals surface area (Å²) in [6.07, 6.45) is 0.